The van der Waals surface area contributed by atoms with Crippen molar-refractivity contribution in [2.75, 3.05) is 6.54 Å². The van der Waals surface area contributed by atoms with E-state index in [1.165, 1.54) is 5.56 Å². The van der Waals surface area contributed by atoms with Crippen LogP contribution in [0.4, 0.5) is 4.39 Å². The van der Waals surface area contributed by atoms with Crippen LogP contribution in [0.1, 0.15) is 19.4 Å². The van der Waals surface area contributed by atoms with Gasteiger partial charge in [-0.3, -0.25) is 0 Å². The minimum atomic E-state index is -1.13. The summed E-state index contributed by atoms with van der Waals surface area (Å²) in [5.41, 5.74) is 0.0566. The summed E-state index contributed by atoms with van der Waals surface area (Å²) in [4.78, 5) is 0. The Balaban J connectivity index is 2.29. The number of alkyl halides is 1. The van der Waals surface area contributed by atoms with Crippen LogP contribution in [-0.4, -0.2) is 12.2 Å². The Bertz CT molecular complexity index is 238. The molecule has 0 radical (unpaired) electrons. The van der Waals surface area contributed by atoms with Gasteiger partial charge in [0, 0.05) is 13.1 Å². The average molecular weight is 181 g/mol. The highest BCUT2D eigenvalue weighted by atomic mass is 19.1. The summed E-state index contributed by atoms with van der Waals surface area (Å²) < 4.78 is 13.0. The van der Waals surface area contributed by atoms with Crippen molar-refractivity contribution in [3.63, 3.8) is 0 Å². The number of nitrogens with one attached hydrogen (secondary N) is 1. The predicted molar refractivity (Wildman–Crippen MR) is 53.3 cm³/mol. The zero-order chi connectivity index (χ0) is 9.73. The van der Waals surface area contributed by atoms with Crippen molar-refractivity contribution in [3.05, 3.63) is 35.9 Å². The zero-order valence-electron chi connectivity index (χ0n) is 8.18. The van der Waals surface area contributed by atoms with Crippen LogP contribution < -0.4 is 5.32 Å². The molecule has 0 aliphatic heterocycles. The van der Waals surface area contributed by atoms with Gasteiger partial charge in [-0.15, -0.1) is 0 Å². The van der Waals surface area contributed by atoms with Crippen LogP contribution in [0.3, 0.4) is 0 Å². The molecule has 1 N–H and O–H groups in total. The standard InChI is InChI=1S/C11H16FN/c1-11(2,12)9-13-8-10-6-4-3-5-7-10/h3-7,13H,8-9H2,1-2H3. The van der Waals surface area contributed by atoms with Crippen LogP contribution in [0.15, 0.2) is 30.3 Å². The Labute approximate surface area is 79.0 Å². The molecule has 0 heterocycles. The van der Waals surface area contributed by atoms with Gasteiger partial charge in [-0.25, -0.2) is 4.39 Å². The Morgan fingerprint density at radius 2 is 1.85 bits per heavy atom. The molecule has 0 saturated heterocycles. The summed E-state index contributed by atoms with van der Waals surface area (Å²) in [6.45, 7) is 4.27. The maximum Gasteiger partial charge on any atom is 0.117 e. The van der Waals surface area contributed by atoms with Gasteiger partial charge in [0.15, 0.2) is 0 Å². The number of halogens is 1. The Hall–Kier alpha value is -0.890. The van der Waals surface area contributed by atoms with Gasteiger partial charge in [-0.05, 0) is 19.4 Å². The molecule has 1 aromatic rings. The first kappa shape index (κ1) is 10.2. The first-order valence-electron chi connectivity index (χ1n) is 4.51. The van der Waals surface area contributed by atoms with Gasteiger partial charge in [0.05, 0.1) is 0 Å². The van der Waals surface area contributed by atoms with Crippen molar-refractivity contribution in [2.45, 2.75) is 26.1 Å². The molecule has 0 fully saturated rings. The molecule has 0 spiro atoms. The fraction of sp³-hybridized carbons (Fsp3) is 0.455. The summed E-state index contributed by atoms with van der Waals surface area (Å²) in [5.74, 6) is 0. The van der Waals surface area contributed by atoms with Crippen LogP contribution in [0.2, 0.25) is 0 Å². The quantitative estimate of drug-likeness (QED) is 0.752. The van der Waals surface area contributed by atoms with E-state index in [1.807, 2.05) is 30.3 Å². The molecular formula is C11H16FN. The van der Waals surface area contributed by atoms with Crippen molar-refractivity contribution in [1.29, 1.82) is 0 Å². The van der Waals surface area contributed by atoms with E-state index in [1.54, 1.807) is 13.8 Å². The third kappa shape index (κ3) is 4.63. The minimum Gasteiger partial charge on any atom is -0.310 e. The number of rotatable bonds is 4. The first-order chi connectivity index (χ1) is 6.08. The smallest absolute Gasteiger partial charge is 0.117 e. The monoisotopic (exact) mass is 181 g/mol. The largest absolute Gasteiger partial charge is 0.310 e. The fourth-order valence-corrected chi connectivity index (χ4v) is 1.10. The van der Waals surface area contributed by atoms with Gasteiger partial charge < -0.3 is 5.32 Å². The van der Waals surface area contributed by atoms with Crippen molar-refractivity contribution in [1.82, 2.24) is 5.32 Å². The molecule has 72 valence electrons. The summed E-state index contributed by atoms with van der Waals surface area (Å²) in [6.07, 6.45) is 0. The Kier molecular flexibility index (Phi) is 3.43. The summed E-state index contributed by atoms with van der Waals surface area (Å²) in [7, 11) is 0. The molecule has 0 saturated carbocycles. The highest BCUT2D eigenvalue weighted by Crippen LogP contribution is 2.06. The van der Waals surface area contributed by atoms with E-state index in [0.717, 1.165) is 6.54 Å². The molecule has 13 heavy (non-hydrogen) atoms. The third-order valence-corrected chi connectivity index (χ3v) is 1.72. The van der Waals surface area contributed by atoms with Gasteiger partial charge in [0.25, 0.3) is 0 Å². The SMILES string of the molecule is CC(C)(F)CNCc1ccccc1. The first-order valence-corrected chi connectivity index (χ1v) is 4.51. The lowest BCUT2D eigenvalue weighted by Gasteiger charge is -2.14. The van der Waals surface area contributed by atoms with Crippen LogP contribution in [-0.2, 0) is 6.54 Å². The number of hydrogen-bond donors (Lipinski definition) is 1. The maximum atomic E-state index is 13.0. The minimum absolute atomic E-state index is 0.391. The Morgan fingerprint density at radius 1 is 1.23 bits per heavy atom. The summed E-state index contributed by atoms with van der Waals surface area (Å²) in [5, 5.41) is 3.07. The highest BCUT2D eigenvalue weighted by Gasteiger charge is 2.13. The maximum absolute atomic E-state index is 13.0. The highest BCUT2D eigenvalue weighted by molar-refractivity contribution is 5.14. The van der Waals surface area contributed by atoms with Crippen molar-refractivity contribution < 1.29 is 4.39 Å². The summed E-state index contributed by atoms with van der Waals surface area (Å²) >= 11 is 0. The van der Waals surface area contributed by atoms with Gasteiger partial charge in [0.1, 0.15) is 5.67 Å². The zero-order valence-corrected chi connectivity index (χ0v) is 8.18. The van der Waals surface area contributed by atoms with E-state index in [4.69, 9.17) is 0 Å². The number of hydrogen-bond acceptors (Lipinski definition) is 1. The van der Waals surface area contributed by atoms with E-state index in [0.29, 0.717) is 6.54 Å². The molecule has 1 nitrogen and oxygen atoms in total. The molecule has 0 unspecified atom stereocenters. The van der Waals surface area contributed by atoms with E-state index < -0.39 is 5.67 Å². The molecular weight excluding hydrogens is 165 g/mol. The fourth-order valence-electron chi connectivity index (χ4n) is 1.10. The second-order valence-electron chi connectivity index (χ2n) is 3.81. The van der Waals surface area contributed by atoms with Crippen LogP contribution in [0.5, 0.6) is 0 Å². The second-order valence-corrected chi connectivity index (χ2v) is 3.81. The third-order valence-electron chi connectivity index (χ3n) is 1.72. The molecule has 2 heteroatoms. The van der Waals surface area contributed by atoms with Gasteiger partial charge in [0.2, 0.25) is 0 Å². The Morgan fingerprint density at radius 3 is 2.38 bits per heavy atom. The van der Waals surface area contributed by atoms with Gasteiger partial charge in [-0.1, -0.05) is 30.3 Å². The van der Waals surface area contributed by atoms with Crippen LogP contribution in [0.25, 0.3) is 0 Å². The van der Waals surface area contributed by atoms with Gasteiger partial charge in [-0.2, -0.15) is 0 Å². The second kappa shape index (κ2) is 4.38. The van der Waals surface area contributed by atoms with Crippen LogP contribution >= 0.6 is 0 Å². The normalized spacial score (nSPS) is 11.6. The average Bonchev–Trinajstić information content (AvgIpc) is 2.04. The van der Waals surface area contributed by atoms with Crippen LogP contribution in [0, 0.1) is 0 Å². The van der Waals surface area contributed by atoms with E-state index >= 15 is 0 Å². The molecule has 0 amide bonds. The van der Waals surface area contributed by atoms with Crippen molar-refractivity contribution in [2.24, 2.45) is 0 Å². The molecule has 1 aromatic carbocycles. The lowest BCUT2D eigenvalue weighted by molar-refractivity contribution is 0.210. The van der Waals surface area contributed by atoms with E-state index in [2.05, 4.69) is 5.32 Å². The molecule has 0 atom stereocenters. The molecule has 0 bridgehead atoms. The lowest BCUT2D eigenvalue weighted by atomic mass is 10.1. The topological polar surface area (TPSA) is 12.0 Å². The van der Waals surface area contributed by atoms with E-state index in [-0.39, 0.29) is 0 Å². The number of benzene rings is 1. The predicted octanol–water partition coefficient (Wildman–Crippen LogP) is 2.52. The van der Waals surface area contributed by atoms with E-state index in [9.17, 15) is 4.39 Å². The molecule has 0 aromatic heterocycles. The van der Waals surface area contributed by atoms with Crippen molar-refractivity contribution in [3.8, 4) is 0 Å². The summed E-state index contributed by atoms with van der Waals surface area (Å²) in [6, 6.07) is 9.99. The van der Waals surface area contributed by atoms with Crippen molar-refractivity contribution >= 4 is 0 Å². The molecule has 1 rings (SSSR count). The van der Waals surface area contributed by atoms with Gasteiger partial charge >= 0.3 is 0 Å². The molecule has 0 aliphatic carbocycles. The molecule has 0 aliphatic rings. The lowest BCUT2D eigenvalue weighted by Crippen LogP contribution is -2.30.